The molecule has 2 aromatic rings. The molecule has 0 saturated heterocycles. The second-order valence-corrected chi connectivity index (χ2v) is 8.95. The predicted molar refractivity (Wildman–Crippen MR) is 138 cm³/mol. The van der Waals surface area contributed by atoms with E-state index in [1.807, 2.05) is 58.9 Å². The fourth-order valence-corrected chi connectivity index (χ4v) is 3.52. The van der Waals surface area contributed by atoms with Crippen molar-refractivity contribution in [2.45, 2.75) is 97.7 Å². The molecule has 2 nitrogen and oxygen atoms in total. The Labute approximate surface area is 200 Å². The van der Waals surface area contributed by atoms with E-state index in [4.69, 9.17) is 23.2 Å². The Kier molecular flexibility index (Phi) is 13.7. The Bertz CT molecular complexity index is 735. The molecule has 0 heterocycles. The van der Waals surface area contributed by atoms with E-state index < -0.39 is 11.2 Å². The van der Waals surface area contributed by atoms with Gasteiger partial charge in [-0.2, -0.15) is 0 Å². The molecule has 2 atom stereocenters. The Balaban J connectivity index is 0.000000501. The largest absolute Gasteiger partial charge is 0.390 e. The van der Waals surface area contributed by atoms with E-state index in [1.165, 1.54) is 12.0 Å². The first-order chi connectivity index (χ1) is 14.5. The lowest BCUT2D eigenvalue weighted by Gasteiger charge is -2.42. The summed E-state index contributed by atoms with van der Waals surface area (Å²) in [6.45, 7) is 15.6. The molecule has 0 aromatic heterocycles. The number of halogens is 2. The molecule has 2 aromatic carbocycles. The highest BCUT2D eigenvalue weighted by Gasteiger charge is 2.40. The summed E-state index contributed by atoms with van der Waals surface area (Å²) in [5.41, 5.74) is 1.08. The Morgan fingerprint density at radius 3 is 1.74 bits per heavy atom. The van der Waals surface area contributed by atoms with Crippen LogP contribution in [0.3, 0.4) is 0 Å². The van der Waals surface area contributed by atoms with Crippen LogP contribution in [0.25, 0.3) is 0 Å². The van der Waals surface area contributed by atoms with Gasteiger partial charge in [-0.3, -0.25) is 0 Å². The molecule has 0 amide bonds. The summed E-state index contributed by atoms with van der Waals surface area (Å²) in [7, 11) is 0. The predicted octanol–water partition coefficient (Wildman–Crippen LogP) is 8.63. The minimum atomic E-state index is -0.753. The molecule has 0 aliphatic heterocycles. The lowest BCUT2D eigenvalue weighted by molar-refractivity contribution is -0.0527. The van der Waals surface area contributed by atoms with Crippen LogP contribution in [0.1, 0.15) is 97.6 Å². The van der Waals surface area contributed by atoms with Crippen LogP contribution < -0.4 is 0 Å². The number of hydrogen-bond acceptors (Lipinski definition) is 2. The van der Waals surface area contributed by atoms with Crippen molar-refractivity contribution < 1.29 is 10.2 Å². The molecule has 2 N–H and O–H groups in total. The monoisotopic (exact) mass is 468 g/mol. The molecule has 1 aliphatic rings. The molecule has 0 radical (unpaired) electrons. The number of rotatable bonds is 4. The normalized spacial score (nSPS) is 16.0. The highest BCUT2D eigenvalue weighted by Crippen LogP contribution is 2.42. The lowest BCUT2D eigenvalue weighted by Crippen LogP contribution is -2.41. The van der Waals surface area contributed by atoms with E-state index in [2.05, 4.69) is 19.1 Å². The summed E-state index contributed by atoms with van der Waals surface area (Å²) in [5, 5.41) is 21.0. The average Bonchev–Trinajstić information content (AvgIpc) is 2.76. The van der Waals surface area contributed by atoms with Gasteiger partial charge in [-0.1, -0.05) is 101 Å². The molecule has 176 valence electrons. The van der Waals surface area contributed by atoms with E-state index in [-0.39, 0.29) is 11.8 Å². The standard InChI is InChI=1S/C12H16O.C11H14Cl2O.2C2H6/c1-10(12(13)8-5-9-12)11-6-3-2-4-7-11;1-7(11(2,3)14)8-4-5-9(12)10(13)6-8;2*1-2/h2-4,6-7,10,13H,5,8-9H2,1H3;4-7,14H,1-3H3;2*1-2H3/t10-;7-;;/m00../s1. The van der Waals surface area contributed by atoms with Crippen molar-refractivity contribution in [3.63, 3.8) is 0 Å². The first-order valence-electron chi connectivity index (χ1n) is 11.5. The zero-order valence-corrected chi connectivity index (χ0v) is 22.1. The van der Waals surface area contributed by atoms with Gasteiger partial charge < -0.3 is 10.2 Å². The summed E-state index contributed by atoms with van der Waals surface area (Å²) in [5.74, 6) is 0.305. The third-order valence-electron chi connectivity index (χ3n) is 5.83. The first-order valence-corrected chi connectivity index (χ1v) is 12.2. The van der Waals surface area contributed by atoms with Crippen LogP contribution in [-0.4, -0.2) is 21.4 Å². The summed E-state index contributed by atoms with van der Waals surface area (Å²) < 4.78 is 0. The molecule has 0 unspecified atom stereocenters. The molecule has 0 bridgehead atoms. The van der Waals surface area contributed by atoms with Crippen molar-refractivity contribution in [3.8, 4) is 0 Å². The Morgan fingerprint density at radius 1 is 0.839 bits per heavy atom. The number of aliphatic hydroxyl groups is 2. The van der Waals surface area contributed by atoms with Crippen molar-refractivity contribution >= 4 is 23.2 Å². The molecule has 3 rings (SSSR count). The highest BCUT2D eigenvalue weighted by molar-refractivity contribution is 6.42. The van der Waals surface area contributed by atoms with Crippen LogP contribution in [-0.2, 0) is 0 Å². The Morgan fingerprint density at radius 2 is 1.35 bits per heavy atom. The van der Waals surface area contributed by atoms with E-state index >= 15 is 0 Å². The third kappa shape index (κ3) is 9.14. The molecule has 0 spiro atoms. The number of hydrogen-bond donors (Lipinski definition) is 2. The first kappa shape index (κ1) is 29.9. The minimum absolute atomic E-state index is 0.0252. The van der Waals surface area contributed by atoms with E-state index in [1.54, 1.807) is 26.0 Å². The van der Waals surface area contributed by atoms with E-state index in [0.29, 0.717) is 10.0 Å². The molecule has 1 saturated carbocycles. The fourth-order valence-electron chi connectivity index (χ4n) is 3.21. The summed E-state index contributed by atoms with van der Waals surface area (Å²) >= 11 is 11.7. The van der Waals surface area contributed by atoms with Gasteiger partial charge in [-0.25, -0.2) is 0 Å². The maximum absolute atomic E-state index is 10.1. The average molecular weight is 470 g/mol. The van der Waals surface area contributed by atoms with Gasteiger partial charge in [0.1, 0.15) is 0 Å². The van der Waals surface area contributed by atoms with Gasteiger partial charge in [0.15, 0.2) is 0 Å². The smallest absolute Gasteiger partial charge is 0.0713 e. The van der Waals surface area contributed by atoms with Crippen molar-refractivity contribution in [2.75, 3.05) is 0 Å². The zero-order valence-electron chi connectivity index (χ0n) is 20.5. The van der Waals surface area contributed by atoms with Gasteiger partial charge in [0, 0.05) is 11.8 Å². The van der Waals surface area contributed by atoms with Crippen LogP contribution in [0.15, 0.2) is 48.5 Å². The summed E-state index contributed by atoms with van der Waals surface area (Å²) in [4.78, 5) is 0. The van der Waals surface area contributed by atoms with Crippen LogP contribution >= 0.6 is 23.2 Å². The summed E-state index contributed by atoms with van der Waals surface area (Å²) in [6, 6.07) is 15.7. The highest BCUT2D eigenvalue weighted by atomic mass is 35.5. The molecule has 1 fully saturated rings. The van der Waals surface area contributed by atoms with E-state index in [9.17, 15) is 10.2 Å². The van der Waals surface area contributed by atoms with Gasteiger partial charge in [-0.15, -0.1) is 0 Å². The quantitative estimate of drug-likeness (QED) is 0.470. The van der Waals surface area contributed by atoms with Gasteiger partial charge >= 0.3 is 0 Å². The SMILES string of the molecule is CC.CC.C[C@@H](c1ccc(Cl)c(Cl)c1)C(C)(C)O.C[C@@H](c1ccccc1)C1(O)CCC1. The summed E-state index contributed by atoms with van der Waals surface area (Å²) in [6.07, 6.45) is 3.10. The molecule has 31 heavy (non-hydrogen) atoms. The van der Waals surface area contributed by atoms with Crippen molar-refractivity contribution in [1.82, 2.24) is 0 Å². The second kappa shape index (κ2) is 14.2. The minimum Gasteiger partial charge on any atom is -0.390 e. The topological polar surface area (TPSA) is 40.5 Å². The van der Waals surface area contributed by atoms with Gasteiger partial charge in [0.25, 0.3) is 0 Å². The fraction of sp³-hybridized carbons (Fsp3) is 0.556. The maximum atomic E-state index is 10.1. The van der Waals surface area contributed by atoms with E-state index in [0.717, 1.165) is 18.4 Å². The van der Waals surface area contributed by atoms with Gasteiger partial charge in [-0.05, 0) is 56.4 Å². The van der Waals surface area contributed by atoms with Crippen LogP contribution in [0.2, 0.25) is 10.0 Å². The number of benzene rings is 2. The Hall–Kier alpha value is -1.06. The van der Waals surface area contributed by atoms with Gasteiger partial charge in [0.2, 0.25) is 0 Å². The maximum Gasteiger partial charge on any atom is 0.0713 e. The molecule has 1 aliphatic carbocycles. The molecular formula is C27H42Cl2O2. The zero-order chi connectivity index (χ0) is 24.2. The molecular weight excluding hydrogens is 427 g/mol. The van der Waals surface area contributed by atoms with Crippen LogP contribution in [0.4, 0.5) is 0 Å². The van der Waals surface area contributed by atoms with Gasteiger partial charge in [0.05, 0.1) is 21.2 Å². The molecule has 4 heteroatoms. The lowest BCUT2D eigenvalue weighted by atomic mass is 9.69. The van der Waals surface area contributed by atoms with Crippen molar-refractivity contribution in [3.05, 3.63) is 69.7 Å². The van der Waals surface area contributed by atoms with Crippen LogP contribution in [0, 0.1) is 0 Å². The van der Waals surface area contributed by atoms with Crippen molar-refractivity contribution in [2.24, 2.45) is 0 Å². The second-order valence-electron chi connectivity index (χ2n) is 8.14. The third-order valence-corrected chi connectivity index (χ3v) is 6.57. The van der Waals surface area contributed by atoms with Crippen LogP contribution in [0.5, 0.6) is 0 Å². The van der Waals surface area contributed by atoms with Crippen molar-refractivity contribution in [1.29, 1.82) is 0 Å².